The first kappa shape index (κ1) is 11.4. The van der Waals surface area contributed by atoms with Crippen LogP contribution < -0.4 is 5.56 Å². The number of nitrogens with zero attached hydrogens (tertiary/aromatic N) is 1. The molecule has 1 N–H and O–H groups in total. The van der Waals surface area contributed by atoms with Crippen molar-refractivity contribution in [3.8, 4) is 0 Å². The van der Waals surface area contributed by atoms with E-state index in [0.29, 0.717) is 0 Å². The van der Waals surface area contributed by atoms with E-state index in [1.54, 1.807) is 0 Å². The topological polar surface area (TPSA) is 110 Å². The van der Waals surface area contributed by atoms with Crippen LogP contribution in [0.3, 0.4) is 0 Å². The predicted molar refractivity (Wildman–Crippen MR) is 51.4 cm³/mol. The molecule has 0 aromatic carbocycles. The van der Waals surface area contributed by atoms with E-state index in [2.05, 4.69) is 0 Å². The third-order valence-electron chi connectivity index (χ3n) is 1.79. The van der Waals surface area contributed by atoms with Crippen LogP contribution in [0.2, 0.25) is 0 Å². The molecule has 1 aromatic heterocycles. The van der Waals surface area contributed by atoms with Crippen LogP contribution in [-0.4, -0.2) is 24.1 Å². The fourth-order valence-corrected chi connectivity index (χ4v) is 1.80. The molecule has 82 valence electrons. The second-order valence-corrected chi connectivity index (χ2v) is 4.99. The highest BCUT2D eigenvalue weighted by molar-refractivity contribution is 7.91. The molecule has 0 saturated carbocycles. The van der Waals surface area contributed by atoms with Gasteiger partial charge in [0.2, 0.25) is 0 Å². The fourth-order valence-electron chi connectivity index (χ4n) is 0.934. The Kier molecular flexibility index (Phi) is 2.89. The van der Waals surface area contributed by atoms with Crippen LogP contribution in [0.25, 0.3) is 0 Å². The van der Waals surface area contributed by atoms with E-state index in [0.717, 1.165) is 12.3 Å². The Morgan fingerprint density at radius 1 is 1.53 bits per heavy atom. The molecule has 0 saturated heterocycles. The smallest absolute Gasteiger partial charge is 0.322 e. The van der Waals surface area contributed by atoms with Crippen molar-refractivity contribution in [2.45, 2.75) is 11.8 Å². The van der Waals surface area contributed by atoms with Gasteiger partial charge in [-0.25, -0.2) is 8.42 Å². The highest BCUT2D eigenvalue weighted by Gasteiger charge is 2.19. The van der Waals surface area contributed by atoms with Crippen LogP contribution in [0.15, 0.2) is 22.0 Å². The molecular weight excluding hydrogens is 224 g/mol. The third-order valence-corrected chi connectivity index (χ3v) is 3.51. The summed E-state index contributed by atoms with van der Waals surface area (Å²) in [6.45, 7) is 1.41. The molecule has 8 heteroatoms. The van der Waals surface area contributed by atoms with Crippen molar-refractivity contribution < 1.29 is 13.3 Å². The molecule has 0 aliphatic heterocycles. The number of nitrogens with one attached hydrogen (secondary N) is 1. The Labute approximate surface area is 84.8 Å². The molecule has 1 heterocycles. The van der Waals surface area contributed by atoms with E-state index in [9.17, 15) is 23.3 Å². The van der Waals surface area contributed by atoms with E-state index in [1.807, 2.05) is 4.98 Å². The minimum Gasteiger partial charge on any atom is -0.322 e. The Morgan fingerprint density at radius 2 is 2.13 bits per heavy atom. The second kappa shape index (κ2) is 3.81. The van der Waals surface area contributed by atoms with Gasteiger partial charge < -0.3 is 4.98 Å². The first-order chi connectivity index (χ1) is 6.88. The summed E-state index contributed by atoms with van der Waals surface area (Å²) < 4.78 is 22.7. The zero-order chi connectivity index (χ0) is 11.6. The molecule has 15 heavy (non-hydrogen) atoms. The quantitative estimate of drug-likeness (QED) is 0.586. The lowest BCUT2D eigenvalue weighted by Gasteiger charge is -1.99. The second-order valence-electron chi connectivity index (χ2n) is 2.71. The van der Waals surface area contributed by atoms with Crippen molar-refractivity contribution in [1.29, 1.82) is 0 Å². The van der Waals surface area contributed by atoms with Crippen LogP contribution in [-0.2, 0) is 9.84 Å². The average Bonchev–Trinajstić information content (AvgIpc) is 2.17. The fraction of sp³-hybridized carbons (Fsp3) is 0.286. The van der Waals surface area contributed by atoms with E-state index >= 15 is 0 Å². The molecule has 1 aromatic rings. The van der Waals surface area contributed by atoms with Gasteiger partial charge in [-0.15, -0.1) is 0 Å². The lowest BCUT2D eigenvalue weighted by molar-refractivity contribution is -0.386. The summed E-state index contributed by atoms with van der Waals surface area (Å²) in [6.07, 6.45) is 0.953. The van der Waals surface area contributed by atoms with Gasteiger partial charge in [-0.3, -0.25) is 14.9 Å². The molecule has 0 bridgehead atoms. The summed E-state index contributed by atoms with van der Waals surface area (Å²) in [6, 6.07) is 0.762. The first-order valence-electron chi connectivity index (χ1n) is 3.98. The minimum absolute atomic E-state index is 0.184. The maximum Gasteiger partial charge on any atom is 0.335 e. The van der Waals surface area contributed by atoms with Crippen LogP contribution in [0.4, 0.5) is 5.69 Å². The number of sulfone groups is 1. The summed E-state index contributed by atoms with van der Waals surface area (Å²) in [5, 5.41) is 10.4. The van der Waals surface area contributed by atoms with Gasteiger partial charge in [-0.1, -0.05) is 6.92 Å². The number of aromatic amines is 1. The van der Waals surface area contributed by atoms with Crippen molar-refractivity contribution in [2.75, 3.05) is 5.75 Å². The summed E-state index contributed by atoms with van der Waals surface area (Å²) in [5.74, 6) is -0.184. The van der Waals surface area contributed by atoms with Crippen LogP contribution in [0, 0.1) is 10.1 Å². The molecular formula is C7H8N2O5S. The molecule has 0 radical (unpaired) electrons. The minimum atomic E-state index is -3.55. The summed E-state index contributed by atoms with van der Waals surface area (Å²) in [7, 11) is -3.55. The summed E-state index contributed by atoms with van der Waals surface area (Å²) in [4.78, 5) is 22.2. The molecule has 1 rings (SSSR count). The van der Waals surface area contributed by atoms with Crippen molar-refractivity contribution in [3.63, 3.8) is 0 Å². The van der Waals surface area contributed by atoms with E-state index in [-0.39, 0.29) is 10.6 Å². The Hall–Kier alpha value is -1.70. The molecule has 0 unspecified atom stereocenters. The van der Waals surface area contributed by atoms with Gasteiger partial charge in [0.15, 0.2) is 9.84 Å². The number of pyridine rings is 1. The van der Waals surface area contributed by atoms with E-state index < -0.39 is 26.0 Å². The summed E-state index contributed by atoms with van der Waals surface area (Å²) >= 11 is 0. The Morgan fingerprint density at radius 3 is 2.60 bits per heavy atom. The maximum absolute atomic E-state index is 11.3. The molecule has 0 fully saturated rings. The number of hydrogen-bond acceptors (Lipinski definition) is 5. The van der Waals surface area contributed by atoms with Gasteiger partial charge in [0.1, 0.15) is 0 Å². The third kappa shape index (κ3) is 2.21. The molecule has 7 nitrogen and oxygen atoms in total. The van der Waals surface area contributed by atoms with Crippen molar-refractivity contribution in [1.82, 2.24) is 4.98 Å². The van der Waals surface area contributed by atoms with Gasteiger partial charge in [-0.2, -0.15) is 0 Å². The normalized spacial score (nSPS) is 11.3. The predicted octanol–water partition coefficient (Wildman–Crippen LogP) is 0.0767. The van der Waals surface area contributed by atoms with Gasteiger partial charge in [0.05, 0.1) is 15.6 Å². The van der Waals surface area contributed by atoms with Gasteiger partial charge in [0.25, 0.3) is 0 Å². The number of nitro groups is 1. The average molecular weight is 232 g/mol. The Bertz CT molecular complexity index is 545. The lowest BCUT2D eigenvalue weighted by Crippen LogP contribution is -2.14. The molecule has 0 amide bonds. The lowest BCUT2D eigenvalue weighted by atomic mass is 10.4. The number of hydrogen-bond donors (Lipinski definition) is 1. The van der Waals surface area contributed by atoms with Crippen molar-refractivity contribution in [3.05, 3.63) is 32.7 Å². The van der Waals surface area contributed by atoms with Crippen LogP contribution >= 0.6 is 0 Å². The first-order valence-corrected chi connectivity index (χ1v) is 5.63. The van der Waals surface area contributed by atoms with Crippen LogP contribution in [0.5, 0.6) is 0 Å². The number of aromatic nitrogens is 1. The van der Waals surface area contributed by atoms with Gasteiger partial charge in [0, 0.05) is 12.3 Å². The van der Waals surface area contributed by atoms with Gasteiger partial charge in [-0.05, 0) is 0 Å². The maximum atomic E-state index is 11.3. The van der Waals surface area contributed by atoms with Crippen molar-refractivity contribution in [2.24, 2.45) is 0 Å². The molecule has 0 aliphatic carbocycles. The number of H-pyrrole nitrogens is 1. The van der Waals surface area contributed by atoms with E-state index in [1.165, 1.54) is 6.92 Å². The number of rotatable bonds is 3. The highest BCUT2D eigenvalue weighted by Crippen LogP contribution is 2.13. The molecule has 0 atom stereocenters. The summed E-state index contributed by atoms with van der Waals surface area (Å²) in [5.41, 5.74) is -1.69. The standard InChI is InChI=1S/C7H8N2O5S/c1-2-15(13,14)5-3-6(9(11)12)7(10)8-4-5/h3-4H,2H2,1H3,(H,8,10). The zero-order valence-corrected chi connectivity index (χ0v) is 8.58. The molecule has 0 spiro atoms. The van der Waals surface area contributed by atoms with E-state index in [4.69, 9.17) is 0 Å². The van der Waals surface area contributed by atoms with Gasteiger partial charge >= 0.3 is 11.2 Å². The molecule has 0 aliphatic rings. The Balaban J connectivity index is 3.45. The van der Waals surface area contributed by atoms with Crippen molar-refractivity contribution >= 4 is 15.5 Å². The largest absolute Gasteiger partial charge is 0.335 e. The zero-order valence-electron chi connectivity index (χ0n) is 7.76. The monoisotopic (exact) mass is 232 g/mol. The highest BCUT2D eigenvalue weighted by atomic mass is 32.2. The SMILES string of the molecule is CCS(=O)(=O)c1c[nH]c(=O)c([N+](=O)[O-])c1. The van der Waals surface area contributed by atoms with Crippen LogP contribution in [0.1, 0.15) is 6.92 Å².